The van der Waals surface area contributed by atoms with Crippen molar-refractivity contribution in [1.29, 1.82) is 0 Å². The minimum atomic E-state index is 0.852. The molecular weight excluding hydrogens is 190 g/mol. The van der Waals surface area contributed by atoms with Crippen LogP contribution in [0.15, 0.2) is 48.7 Å². The van der Waals surface area contributed by atoms with Crippen LogP contribution in [0.2, 0.25) is 0 Å². The number of aromatic nitrogens is 1. The Balaban J connectivity index is 2.54. The van der Waals surface area contributed by atoms with Gasteiger partial charge in [-0.05, 0) is 23.3 Å². The first-order valence-corrected chi connectivity index (χ1v) is 4.90. The smallest absolute Gasteiger partial charge is 0.105 e. The Morgan fingerprint density at radius 2 is 1.64 bits per heavy atom. The lowest BCUT2D eigenvalue weighted by Gasteiger charge is -2.04. The molecule has 0 amide bonds. The summed E-state index contributed by atoms with van der Waals surface area (Å²) < 4.78 is 2.81. The van der Waals surface area contributed by atoms with E-state index in [1.807, 2.05) is 35.9 Å². The van der Waals surface area contributed by atoms with Gasteiger partial charge in [0.15, 0.2) is 0 Å². The molecule has 1 heterocycles. The van der Waals surface area contributed by atoms with Crippen LogP contribution >= 0.6 is 12.2 Å². The largest absolute Gasteiger partial charge is 0.342 e. The van der Waals surface area contributed by atoms with Crippen LogP contribution in [0.5, 0.6) is 0 Å². The fourth-order valence-corrected chi connectivity index (χ4v) is 1.52. The third-order valence-corrected chi connectivity index (χ3v) is 2.62. The van der Waals surface area contributed by atoms with Crippen molar-refractivity contribution < 1.29 is 0 Å². The van der Waals surface area contributed by atoms with Crippen molar-refractivity contribution in [3.05, 3.63) is 53.3 Å². The van der Waals surface area contributed by atoms with Gasteiger partial charge in [0.05, 0.1) is 0 Å². The van der Waals surface area contributed by atoms with E-state index in [0.29, 0.717) is 0 Å². The van der Waals surface area contributed by atoms with Crippen LogP contribution in [0.4, 0.5) is 0 Å². The summed E-state index contributed by atoms with van der Waals surface area (Å²) in [5, 5.41) is 0. The van der Waals surface area contributed by atoms with Gasteiger partial charge in [0.25, 0.3) is 0 Å². The maximum absolute atomic E-state index is 5.13. The normalized spacial score (nSPS) is 10.1. The summed E-state index contributed by atoms with van der Waals surface area (Å²) in [6.45, 7) is 0. The molecule has 0 aliphatic rings. The molecule has 0 radical (unpaired) electrons. The first-order valence-electron chi connectivity index (χ1n) is 4.49. The predicted octanol–water partition coefficient (Wildman–Crippen LogP) is 3.42. The number of rotatable bonds is 1. The van der Waals surface area contributed by atoms with Crippen LogP contribution < -0.4 is 0 Å². The van der Waals surface area contributed by atoms with Crippen molar-refractivity contribution in [3.8, 4) is 11.1 Å². The minimum Gasteiger partial charge on any atom is -0.342 e. The van der Waals surface area contributed by atoms with Crippen molar-refractivity contribution in [1.82, 2.24) is 4.57 Å². The van der Waals surface area contributed by atoms with Crippen molar-refractivity contribution in [3.63, 3.8) is 0 Å². The van der Waals surface area contributed by atoms with Gasteiger partial charge in [-0.15, -0.1) is 0 Å². The number of hydrogen-bond acceptors (Lipinski definition) is 1. The molecule has 70 valence electrons. The van der Waals surface area contributed by atoms with Crippen LogP contribution in [0, 0.1) is 4.64 Å². The zero-order valence-corrected chi connectivity index (χ0v) is 8.79. The molecule has 2 aromatic rings. The highest BCUT2D eigenvalue weighted by atomic mass is 32.1. The van der Waals surface area contributed by atoms with E-state index in [1.54, 1.807) is 0 Å². The summed E-state index contributed by atoms with van der Waals surface area (Å²) in [5.41, 5.74) is 2.42. The molecule has 2 heteroatoms. The van der Waals surface area contributed by atoms with Crippen LogP contribution in [0.1, 0.15) is 0 Å². The van der Waals surface area contributed by atoms with Gasteiger partial charge >= 0.3 is 0 Å². The van der Waals surface area contributed by atoms with Crippen molar-refractivity contribution in [2.24, 2.45) is 7.05 Å². The third-order valence-electron chi connectivity index (χ3n) is 2.19. The van der Waals surface area contributed by atoms with Gasteiger partial charge in [-0.2, -0.15) is 0 Å². The van der Waals surface area contributed by atoms with E-state index in [4.69, 9.17) is 12.2 Å². The summed E-state index contributed by atoms with van der Waals surface area (Å²) in [6.07, 6.45) is 2.05. The van der Waals surface area contributed by atoms with Crippen LogP contribution in [0.3, 0.4) is 0 Å². The summed E-state index contributed by atoms with van der Waals surface area (Å²) in [5.74, 6) is 0. The Bertz CT molecular complexity index is 485. The van der Waals surface area contributed by atoms with Crippen molar-refractivity contribution in [2.75, 3.05) is 0 Å². The average molecular weight is 201 g/mol. The standard InChI is InChI=1S/C12H11NS/c1-13-9-11(7-8-12(13)14)10-5-3-2-4-6-10/h2-9H,1H3. The summed E-state index contributed by atoms with van der Waals surface area (Å²) in [6, 6.07) is 14.3. The van der Waals surface area contributed by atoms with E-state index < -0.39 is 0 Å². The van der Waals surface area contributed by atoms with Gasteiger partial charge in [-0.1, -0.05) is 42.5 Å². The van der Waals surface area contributed by atoms with Gasteiger partial charge in [0.1, 0.15) is 4.64 Å². The minimum absolute atomic E-state index is 0.852. The maximum atomic E-state index is 5.13. The second kappa shape index (κ2) is 3.76. The fraction of sp³-hybridized carbons (Fsp3) is 0.0833. The number of aryl methyl sites for hydroxylation is 1. The number of nitrogens with zero attached hydrogens (tertiary/aromatic N) is 1. The zero-order chi connectivity index (χ0) is 9.97. The fourth-order valence-electron chi connectivity index (χ4n) is 1.40. The second-order valence-corrected chi connectivity index (χ2v) is 3.65. The molecule has 0 atom stereocenters. The van der Waals surface area contributed by atoms with Gasteiger partial charge in [0.2, 0.25) is 0 Å². The second-order valence-electron chi connectivity index (χ2n) is 3.23. The topological polar surface area (TPSA) is 4.93 Å². The van der Waals surface area contributed by atoms with E-state index in [2.05, 4.69) is 24.4 Å². The number of hydrogen-bond donors (Lipinski definition) is 0. The quantitative estimate of drug-likeness (QED) is 0.640. The van der Waals surface area contributed by atoms with Crippen molar-refractivity contribution >= 4 is 12.2 Å². The first-order chi connectivity index (χ1) is 6.77. The van der Waals surface area contributed by atoms with Gasteiger partial charge < -0.3 is 4.57 Å². The lowest BCUT2D eigenvalue weighted by Crippen LogP contribution is -1.91. The molecule has 0 unspecified atom stereocenters. The highest BCUT2D eigenvalue weighted by Gasteiger charge is 1.95. The van der Waals surface area contributed by atoms with Crippen LogP contribution in [0.25, 0.3) is 11.1 Å². The van der Waals surface area contributed by atoms with E-state index in [0.717, 1.165) is 4.64 Å². The molecule has 0 saturated heterocycles. The average Bonchev–Trinajstić information content (AvgIpc) is 2.23. The molecule has 2 rings (SSSR count). The van der Waals surface area contributed by atoms with Crippen LogP contribution in [-0.4, -0.2) is 4.57 Å². The van der Waals surface area contributed by atoms with Crippen molar-refractivity contribution in [2.45, 2.75) is 0 Å². The Morgan fingerprint density at radius 3 is 2.29 bits per heavy atom. The van der Waals surface area contributed by atoms with E-state index in [1.165, 1.54) is 11.1 Å². The molecule has 0 aliphatic carbocycles. The molecule has 1 aromatic heterocycles. The number of benzene rings is 1. The molecular formula is C12H11NS. The zero-order valence-electron chi connectivity index (χ0n) is 7.97. The first kappa shape index (κ1) is 9.16. The highest BCUT2D eigenvalue weighted by molar-refractivity contribution is 7.71. The SMILES string of the molecule is Cn1cc(-c2ccccc2)ccc1=S. The highest BCUT2D eigenvalue weighted by Crippen LogP contribution is 2.17. The predicted molar refractivity (Wildman–Crippen MR) is 61.7 cm³/mol. The van der Waals surface area contributed by atoms with E-state index >= 15 is 0 Å². The maximum Gasteiger partial charge on any atom is 0.105 e. The molecule has 1 nitrogen and oxygen atoms in total. The molecule has 0 spiro atoms. The Kier molecular flexibility index (Phi) is 2.46. The van der Waals surface area contributed by atoms with E-state index in [-0.39, 0.29) is 0 Å². The lowest BCUT2D eigenvalue weighted by molar-refractivity contribution is 0.890. The molecule has 0 fully saturated rings. The summed E-state index contributed by atoms with van der Waals surface area (Å²) >= 11 is 5.13. The van der Waals surface area contributed by atoms with Gasteiger partial charge in [-0.25, -0.2) is 0 Å². The van der Waals surface area contributed by atoms with E-state index in [9.17, 15) is 0 Å². The Hall–Kier alpha value is -1.41. The molecule has 0 N–H and O–H groups in total. The summed E-state index contributed by atoms with van der Waals surface area (Å²) in [4.78, 5) is 0. The van der Waals surface area contributed by atoms with Crippen LogP contribution in [-0.2, 0) is 7.05 Å². The number of pyridine rings is 1. The van der Waals surface area contributed by atoms with Gasteiger partial charge in [0, 0.05) is 13.2 Å². The monoisotopic (exact) mass is 201 g/mol. The summed E-state index contributed by atoms with van der Waals surface area (Å²) in [7, 11) is 1.97. The molecule has 0 saturated carbocycles. The molecule has 0 bridgehead atoms. The lowest BCUT2D eigenvalue weighted by atomic mass is 10.1. The van der Waals surface area contributed by atoms with Gasteiger partial charge in [-0.3, -0.25) is 0 Å². The third kappa shape index (κ3) is 1.75. The molecule has 0 aliphatic heterocycles. The molecule has 14 heavy (non-hydrogen) atoms. The molecule has 1 aromatic carbocycles. The Labute approximate surface area is 88.6 Å². The Morgan fingerprint density at radius 1 is 0.929 bits per heavy atom.